The van der Waals surface area contributed by atoms with Gasteiger partial charge in [0.25, 0.3) is 5.69 Å². The minimum atomic E-state index is -0.487. The van der Waals surface area contributed by atoms with Gasteiger partial charge in [0.15, 0.2) is 0 Å². The predicted molar refractivity (Wildman–Crippen MR) is 124 cm³/mol. The lowest BCUT2D eigenvalue weighted by Crippen LogP contribution is -2.26. The summed E-state index contributed by atoms with van der Waals surface area (Å²) in [6.07, 6.45) is 3.43. The molecule has 3 aromatic carbocycles. The highest BCUT2D eigenvalue weighted by molar-refractivity contribution is 5.79. The second-order valence-corrected chi connectivity index (χ2v) is 7.52. The quantitative estimate of drug-likeness (QED) is 0.235. The second-order valence-electron chi connectivity index (χ2n) is 7.52. The van der Waals surface area contributed by atoms with Gasteiger partial charge in [-0.05, 0) is 40.8 Å². The van der Waals surface area contributed by atoms with Gasteiger partial charge in [-0.15, -0.1) is 0 Å². The van der Waals surface area contributed by atoms with Crippen molar-refractivity contribution in [2.75, 3.05) is 18.9 Å². The molecule has 0 atom stereocenters. The number of anilines is 1. The van der Waals surface area contributed by atoms with Crippen LogP contribution in [-0.2, 0) is 4.74 Å². The van der Waals surface area contributed by atoms with Crippen molar-refractivity contribution >= 4 is 23.5 Å². The molecule has 7 nitrogen and oxygen atoms in total. The molecule has 3 aromatic rings. The molecular formula is C25H23N3O4. The monoisotopic (exact) mass is 429 g/mol. The fourth-order valence-electron chi connectivity index (χ4n) is 3.98. The van der Waals surface area contributed by atoms with Crippen molar-refractivity contribution in [1.29, 1.82) is 0 Å². The Balaban J connectivity index is 1.29. The number of carbonyl (C=O) groups excluding carboxylic acids is 1. The molecule has 0 bridgehead atoms. The Labute approximate surface area is 185 Å². The topological polar surface area (TPSA) is 107 Å². The summed E-state index contributed by atoms with van der Waals surface area (Å²) in [5.74, 6) is 0.0131. The summed E-state index contributed by atoms with van der Waals surface area (Å²) in [4.78, 5) is 22.8. The van der Waals surface area contributed by atoms with Crippen molar-refractivity contribution in [1.82, 2.24) is 5.32 Å². The molecule has 0 saturated carbocycles. The number of nitro benzene ring substituents is 1. The van der Waals surface area contributed by atoms with Gasteiger partial charge < -0.3 is 15.8 Å². The maximum Gasteiger partial charge on any atom is 0.407 e. The first-order valence-electron chi connectivity index (χ1n) is 10.3. The van der Waals surface area contributed by atoms with Crippen LogP contribution in [0.3, 0.4) is 0 Å². The van der Waals surface area contributed by atoms with Gasteiger partial charge in [0.05, 0.1) is 10.5 Å². The fraction of sp³-hybridized carbons (Fsp3) is 0.160. The molecule has 32 heavy (non-hydrogen) atoms. The molecule has 0 saturated heterocycles. The molecule has 0 aliphatic heterocycles. The Morgan fingerprint density at radius 2 is 1.72 bits per heavy atom. The van der Waals surface area contributed by atoms with Crippen molar-refractivity contribution in [3.05, 3.63) is 99.6 Å². The van der Waals surface area contributed by atoms with Gasteiger partial charge in [-0.2, -0.15) is 0 Å². The van der Waals surface area contributed by atoms with Gasteiger partial charge in [-0.1, -0.05) is 60.7 Å². The third kappa shape index (κ3) is 4.46. The van der Waals surface area contributed by atoms with Crippen molar-refractivity contribution in [3.63, 3.8) is 0 Å². The summed E-state index contributed by atoms with van der Waals surface area (Å²) in [5, 5.41) is 13.9. The van der Waals surface area contributed by atoms with Crippen LogP contribution in [-0.4, -0.2) is 24.2 Å². The van der Waals surface area contributed by atoms with E-state index >= 15 is 0 Å². The minimum Gasteiger partial charge on any atom is -0.449 e. The molecular weight excluding hydrogens is 406 g/mol. The number of ether oxygens (including phenoxy) is 1. The Bertz CT molecular complexity index is 1140. The highest BCUT2D eigenvalue weighted by Crippen LogP contribution is 2.44. The molecule has 0 heterocycles. The summed E-state index contributed by atoms with van der Waals surface area (Å²) in [5.41, 5.74) is 11.0. The number of nitro groups is 1. The normalized spacial score (nSPS) is 12.4. The van der Waals surface area contributed by atoms with Crippen LogP contribution in [0.2, 0.25) is 0 Å². The van der Waals surface area contributed by atoms with Crippen LogP contribution in [0.4, 0.5) is 16.2 Å². The average Bonchev–Trinajstić information content (AvgIpc) is 3.12. The molecule has 162 valence electrons. The lowest BCUT2D eigenvalue weighted by atomic mass is 9.98. The number of rotatable bonds is 7. The van der Waals surface area contributed by atoms with E-state index in [1.165, 1.54) is 17.2 Å². The lowest BCUT2D eigenvalue weighted by Gasteiger charge is -2.14. The van der Waals surface area contributed by atoms with E-state index < -0.39 is 11.0 Å². The smallest absolute Gasteiger partial charge is 0.407 e. The van der Waals surface area contributed by atoms with Crippen LogP contribution in [0.5, 0.6) is 0 Å². The number of alkyl carbamates (subject to hydrolysis) is 1. The van der Waals surface area contributed by atoms with E-state index in [0.717, 1.165) is 11.1 Å². The van der Waals surface area contributed by atoms with E-state index in [0.29, 0.717) is 24.2 Å². The first-order chi connectivity index (χ1) is 15.5. The Morgan fingerprint density at radius 1 is 1.06 bits per heavy atom. The highest BCUT2D eigenvalue weighted by atomic mass is 16.6. The largest absolute Gasteiger partial charge is 0.449 e. The van der Waals surface area contributed by atoms with E-state index in [1.807, 2.05) is 24.3 Å². The number of amides is 1. The van der Waals surface area contributed by atoms with E-state index in [1.54, 1.807) is 24.3 Å². The van der Waals surface area contributed by atoms with Crippen LogP contribution in [0, 0.1) is 10.1 Å². The van der Waals surface area contributed by atoms with E-state index in [4.69, 9.17) is 10.5 Å². The molecule has 0 aromatic heterocycles. The molecule has 0 unspecified atom stereocenters. The zero-order valence-corrected chi connectivity index (χ0v) is 17.4. The average molecular weight is 429 g/mol. The summed E-state index contributed by atoms with van der Waals surface area (Å²) in [6, 6.07) is 20.9. The first kappa shape index (κ1) is 21.1. The van der Waals surface area contributed by atoms with Crippen LogP contribution in [0.15, 0.2) is 72.8 Å². The first-order valence-corrected chi connectivity index (χ1v) is 10.3. The van der Waals surface area contributed by atoms with E-state index in [9.17, 15) is 14.9 Å². The summed E-state index contributed by atoms with van der Waals surface area (Å²) in [6.45, 7) is 0.614. The SMILES string of the molecule is Nc1ccc(C=CCCNC(=O)OCC2c3ccccc3-c3ccccc32)c([N+](=O)[O-])c1. The van der Waals surface area contributed by atoms with Crippen molar-refractivity contribution in [2.24, 2.45) is 0 Å². The number of fused-ring (bicyclic) bond motifs is 3. The zero-order chi connectivity index (χ0) is 22.5. The highest BCUT2D eigenvalue weighted by Gasteiger charge is 2.28. The number of nitrogens with one attached hydrogen (secondary N) is 1. The molecule has 4 rings (SSSR count). The van der Waals surface area contributed by atoms with Crippen LogP contribution < -0.4 is 11.1 Å². The van der Waals surface area contributed by atoms with Gasteiger partial charge in [0.1, 0.15) is 6.61 Å². The standard InChI is InChI=1S/C25H23N3O4/c26-18-13-12-17(24(15-18)28(30)31)7-5-6-14-27-25(29)32-16-23-21-10-3-1-8-19(21)20-9-2-4-11-22(20)23/h1-5,7-13,15,23H,6,14,16,26H2,(H,27,29). The maximum absolute atomic E-state index is 12.2. The van der Waals surface area contributed by atoms with Gasteiger partial charge in [-0.25, -0.2) is 4.79 Å². The molecule has 0 radical (unpaired) electrons. The number of nitrogens with two attached hydrogens (primary N) is 1. The van der Waals surface area contributed by atoms with E-state index in [2.05, 4.69) is 29.6 Å². The maximum atomic E-state index is 12.2. The van der Waals surface area contributed by atoms with Crippen LogP contribution in [0.25, 0.3) is 17.2 Å². The molecule has 1 amide bonds. The lowest BCUT2D eigenvalue weighted by molar-refractivity contribution is -0.385. The van der Waals surface area contributed by atoms with Gasteiger partial charge >= 0.3 is 6.09 Å². The van der Waals surface area contributed by atoms with Gasteiger partial charge in [-0.3, -0.25) is 10.1 Å². The Morgan fingerprint density at radius 3 is 2.38 bits per heavy atom. The third-order valence-electron chi connectivity index (χ3n) is 5.47. The second kappa shape index (κ2) is 9.34. The summed E-state index contributed by atoms with van der Waals surface area (Å²) >= 11 is 0. The van der Waals surface area contributed by atoms with Crippen molar-refractivity contribution < 1.29 is 14.5 Å². The van der Waals surface area contributed by atoms with Crippen molar-refractivity contribution in [3.8, 4) is 11.1 Å². The Hall–Kier alpha value is -4.13. The van der Waals surface area contributed by atoms with Crippen molar-refractivity contribution in [2.45, 2.75) is 12.3 Å². The number of carbonyl (C=O) groups is 1. The summed E-state index contributed by atoms with van der Waals surface area (Å²) < 4.78 is 5.49. The zero-order valence-electron chi connectivity index (χ0n) is 17.4. The Kier molecular flexibility index (Phi) is 6.17. The fourth-order valence-corrected chi connectivity index (χ4v) is 3.98. The molecule has 1 aliphatic carbocycles. The minimum absolute atomic E-state index is 0.0131. The molecule has 0 fully saturated rings. The number of nitrogens with zero attached hydrogens (tertiary/aromatic N) is 1. The van der Waals surface area contributed by atoms with Gasteiger partial charge in [0, 0.05) is 24.2 Å². The molecule has 0 spiro atoms. The van der Waals surface area contributed by atoms with Gasteiger partial charge in [0.2, 0.25) is 0 Å². The van der Waals surface area contributed by atoms with Crippen LogP contribution >= 0.6 is 0 Å². The van der Waals surface area contributed by atoms with E-state index in [-0.39, 0.29) is 18.2 Å². The predicted octanol–water partition coefficient (Wildman–Crippen LogP) is 5.12. The number of benzene rings is 3. The molecule has 7 heteroatoms. The summed E-state index contributed by atoms with van der Waals surface area (Å²) in [7, 11) is 0. The molecule has 3 N–H and O–H groups in total. The number of hydrogen-bond acceptors (Lipinski definition) is 5. The molecule has 1 aliphatic rings. The number of nitrogen functional groups attached to an aromatic ring is 1. The third-order valence-corrected chi connectivity index (χ3v) is 5.47. The van der Waals surface area contributed by atoms with Crippen LogP contribution in [0.1, 0.15) is 29.0 Å². The number of hydrogen-bond donors (Lipinski definition) is 2.